The van der Waals surface area contributed by atoms with Crippen LogP contribution in [-0.4, -0.2) is 49.8 Å². The summed E-state index contributed by atoms with van der Waals surface area (Å²) in [6.45, 7) is 8.96. The van der Waals surface area contributed by atoms with Crippen molar-refractivity contribution in [2.24, 2.45) is 5.92 Å². The van der Waals surface area contributed by atoms with Gasteiger partial charge < -0.3 is 14.7 Å². The monoisotopic (exact) mass is 402 g/mol. The molecule has 4 nitrogen and oxygen atoms in total. The van der Waals surface area contributed by atoms with Crippen molar-refractivity contribution in [1.29, 1.82) is 0 Å². The Balaban J connectivity index is 1.63. The van der Waals surface area contributed by atoms with E-state index in [0.29, 0.717) is 6.42 Å². The van der Waals surface area contributed by atoms with Crippen molar-refractivity contribution in [2.45, 2.75) is 25.9 Å². The fourth-order valence-electron chi connectivity index (χ4n) is 4.13. The predicted molar refractivity (Wildman–Crippen MR) is 116 cm³/mol. The smallest absolute Gasteiger partial charge is 0.119 e. The Morgan fingerprint density at radius 2 is 1.82 bits per heavy atom. The molecule has 0 amide bonds. The van der Waals surface area contributed by atoms with Gasteiger partial charge >= 0.3 is 0 Å². The van der Waals surface area contributed by atoms with E-state index in [-0.39, 0.29) is 5.92 Å². The van der Waals surface area contributed by atoms with E-state index in [0.717, 1.165) is 49.1 Å². The van der Waals surface area contributed by atoms with Crippen LogP contribution in [0, 0.1) is 5.92 Å². The molecule has 2 unspecified atom stereocenters. The first-order chi connectivity index (χ1) is 13.5. The minimum Gasteiger partial charge on any atom is -0.497 e. The van der Waals surface area contributed by atoms with Gasteiger partial charge in [0, 0.05) is 49.4 Å². The normalized spacial score (nSPS) is 18.5. The molecule has 1 saturated heterocycles. The highest BCUT2D eigenvalue weighted by molar-refractivity contribution is 6.30. The third kappa shape index (κ3) is 4.62. The van der Waals surface area contributed by atoms with E-state index in [1.807, 2.05) is 49.4 Å². The van der Waals surface area contributed by atoms with Crippen molar-refractivity contribution in [3.63, 3.8) is 0 Å². The quantitative estimate of drug-likeness (QED) is 0.744. The van der Waals surface area contributed by atoms with Gasteiger partial charge in [-0.2, -0.15) is 0 Å². The van der Waals surface area contributed by atoms with Gasteiger partial charge in [-0.25, -0.2) is 0 Å². The molecule has 0 aliphatic carbocycles. The SMILES string of the molecule is CCC(O)(c1cccc(OC)c1)C(C)CN1CCN(c2cccc(Cl)c2)CC1. The zero-order valence-corrected chi connectivity index (χ0v) is 17.8. The van der Waals surface area contributed by atoms with Crippen LogP contribution in [0.1, 0.15) is 25.8 Å². The van der Waals surface area contributed by atoms with Crippen molar-refractivity contribution in [2.75, 3.05) is 44.7 Å². The minimum absolute atomic E-state index is 0.113. The fraction of sp³-hybridized carbons (Fsp3) is 0.478. The molecule has 28 heavy (non-hydrogen) atoms. The van der Waals surface area contributed by atoms with Gasteiger partial charge in [0.2, 0.25) is 0 Å². The van der Waals surface area contributed by atoms with Gasteiger partial charge in [0.05, 0.1) is 12.7 Å². The molecule has 0 spiro atoms. The fourth-order valence-corrected chi connectivity index (χ4v) is 4.31. The molecule has 5 heteroatoms. The number of nitrogens with zero attached hydrogens (tertiary/aromatic N) is 2. The van der Waals surface area contributed by atoms with Gasteiger partial charge in [0.15, 0.2) is 0 Å². The highest BCUT2D eigenvalue weighted by Gasteiger charge is 2.35. The molecule has 2 aromatic carbocycles. The largest absolute Gasteiger partial charge is 0.497 e. The number of hydrogen-bond donors (Lipinski definition) is 1. The number of piperazine rings is 1. The number of ether oxygens (including phenoxy) is 1. The first-order valence-corrected chi connectivity index (χ1v) is 10.4. The minimum atomic E-state index is -0.862. The summed E-state index contributed by atoms with van der Waals surface area (Å²) in [5.74, 6) is 0.897. The number of halogens is 1. The topological polar surface area (TPSA) is 35.9 Å². The molecule has 0 saturated carbocycles. The standard InChI is InChI=1S/C23H31ClN2O2/c1-4-23(27,19-7-5-10-22(15-19)28-3)18(2)17-25-11-13-26(14-12-25)21-9-6-8-20(24)16-21/h5-10,15-16,18,27H,4,11-14,17H2,1-3H3. The summed E-state index contributed by atoms with van der Waals surface area (Å²) < 4.78 is 5.35. The number of aliphatic hydroxyl groups is 1. The third-order valence-corrected chi connectivity index (χ3v) is 6.24. The van der Waals surface area contributed by atoms with Crippen molar-refractivity contribution in [3.8, 4) is 5.75 Å². The average molecular weight is 403 g/mol. The molecule has 0 bridgehead atoms. The van der Waals surface area contributed by atoms with Crippen LogP contribution in [0.4, 0.5) is 5.69 Å². The Morgan fingerprint density at radius 1 is 1.11 bits per heavy atom. The van der Waals surface area contributed by atoms with Gasteiger partial charge in [-0.05, 0) is 42.3 Å². The zero-order chi connectivity index (χ0) is 20.1. The molecule has 1 aliphatic heterocycles. The Bertz CT molecular complexity index is 777. The van der Waals surface area contributed by atoms with E-state index in [2.05, 4.69) is 22.8 Å². The second-order valence-corrected chi connectivity index (χ2v) is 8.11. The van der Waals surface area contributed by atoms with Crippen LogP contribution in [0.5, 0.6) is 5.75 Å². The van der Waals surface area contributed by atoms with E-state index >= 15 is 0 Å². The first kappa shape index (κ1) is 21.0. The summed E-state index contributed by atoms with van der Waals surface area (Å²) in [6.07, 6.45) is 0.670. The third-order valence-electron chi connectivity index (χ3n) is 6.00. The van der Waals surface area contributed by atoms with Crippen molar-refractivity contribution in [1.82, 2.24) is 4.90 Å². The predicted octanol–water partition coefficient (Wildman–Crippen LogP) is 4.40. The molecular weight excluding hydrogens is 372 g/mol. The number of anilines is 1. The van der Waals surface area contributed by atoms with Crippen LogP contribution in [0.3, 0.4) is 0 Å². The molecule has 0 aromatic heterocycles. The molecule has 2 aromatic rings. The maximum Gasteiger partial charge on any atom is 0.119 e. The lowest BCUT2D eigenvalue weighted by Gasteiger charge is -2.41. The summed E-state index contributed by atoms with van der Waals surface area (Å²) in [5.41, 5.74) is 1.25. The van der Waals surface area contributed by atoms with Crippen LogP contribution in [0.25, 0.3) is 0 Å². The van der Waals surface area contributed by atoms with Crippen LogP contribution in [0.2, 0.25) is 5.02 Å². The Labute approximate surface area is 173 Å². The van der Waals surface area contributed by atoms with Crippen molar-refractivity contribution in [3.05, 3.63) is 59.1 Å². The molecule has 2 atom stereocenters. The van der Waals surface area contributed by atoms with E-state index in [1.165, 1.54) is 5.69 Å². The van der Waals surface area contributed by atoms with Gasteiger partial charge in [-0.15, -0.1) is 0 Å². The Kier molecular flexibility index (Phi) is 6.86. The van der Waals surface area contributed by atoms with Crippen molar-refractivity contribution < 1.29 is 9.84 Å². The summed E-state index contributed by atoms with van der Waals surface area (Å²) >= 11 is 6.13. The molecule has 1 aliphatic rings. The maximum atomic E-state index is 11.5. The highest BCUT2D eigenvalue weighted by Crippen LogP contribution is 2.35. The summed E-state index contributed by atoms with van der Waals surface area (Å²) in [5, 5.41) is 12.2. The summed E-state index contributed by atoms with van der Waals surface area (Å²) in [6, 6.07) is 15.9. The number of methoxy groups -OCH3 is 1. The second kappa shape index (κ2) is 9.17. The molecule has 1 N–H and O–H groups in total. The molecule has 152 valence electrons. The molecule has 3 rings (SSSR count). The van der Waals surface area contributed by atoms with Crippen LogP contribution in [0.15, 0.2) is 48.5 Å². The summed E-state index contributed by atoms with van der Waals surface area (Å²) in [4.78, 5) is 4.83. The van der Waals surface area contributed by atoms with E-state index < -0.39 is 5.60 Å². The van der Waals surface area contributed by atoms with Crippen LogP contribution >= 0.6 is 11.6 Å². The maximum absolute atomic E-state index is 11.5. The van der Waals surface area contributed by atoms with Gasteiger partial charge in [-0.3, -0.25) is 4.90 Å². The number of rotatable bonds is 7. The molecule has 1 fully saturated rings. The number of hydrogen-bond acceptors (Lipinski definition) is 4. The zero-order valence-electron chi connectivity index (χ0n) is 17.1. The summed E-state index contributed by atoms with van der Waals surface area (Å²) in [7, 11) is 1.66. The lowest BCUT2D eigenvalue weighted by atomic mass is 9.79. The lowest BCUT2D eigenvalue weighted by Crippen LogP contribution is -2.50. The lowest BCUT2D eigenvalue weighted by molar-refractivity contribution is -0.0340. The van der Waals surface area contributed by atoms with Gasteiger partial charge in [0.25, 0.3) is 0 Å². The van der Waals surface area contributed by atoms with Gasteiger partial charge in [-0.1, -0.05) is 43.6 Å². The van der Waals surface area contributed by atoms with Crippen molar-refractivity contribution >= 4 is 17.3 Å². The molecular formula is C23H31ClN2O2. The van der Waals surface area contributed by atoms with E-state index in [9.17, 15) is 5.11 Å². The molecule has 1 heterocycles. The van der Waals surface area contributed by atoms with E-state index in [4.69, 9.17) is 16.3 Å². The highest BCUT2D eigenvalue weighted by atomic mass is 35.5. The van der Waals surface area contributed by atoms with Gasteiger partial charge in [0.1, 0.15) is 5.75 Å². The average Bonchev–Trinajstić information content (AvgIpc) is 2.73. The van der Waals surface area contributed by atoms with Crippen LogP contribution in [-0.2, 0) is 5.60 Å². The second-order valence-electron chi connectivity index (χ2n) is 7.68. The first-order valence-electron chi connectivity index (χ1n) is 10.1. The Morgan fingerprint density at radius 3 is 2.46 bits per heavy atom. The molecule has 0 radical (unpaired) electrons. The number of benzene rings is 2. The van der Waals surface area contributed by atoms with E-state index in [1.54, 1.807) is 7.11 Å². The Hall–Kier alpha value is -1.75. The van der Waals surface area contributed by atoms with Crippen LogP contribution < -0.4 is 9.64 Å².